The molecule has 1 aromatic heterocycles. The number of morpholine rings is 1. The van der Waals surface area contributed by atoms with Crippen molar-refractivity contribution >= 4 is 29.1 Å². The number of hydrogen-bond donors (Lipinski definition) is 2. The molecule has 1 aromatic carbocycles. The number of anilines is 2. The molecule has 1 saturated heterocycles. The Morgan fingerprint density at radius 3 is 2.72 bits per heavy atom. The van der Waals surface area contributed by atoms with Gasteiger partial charge in [0.15, 0.2) is 5.11 Å². The average Bonchev–Trinajstić information content (AvgIpc) is 2.63. The third-order valence-corrected chi connectivity index (χ3v) is 3.80. The third kappa shape index (κ3) is 5.01. The zero-order valence-corrected chi connectivity index (χ0v) is 14.9. The lowest BCUT2D eigenvalue weighted by Crippen LogP contribution is -2.37. The van der Waals surface area contributed by atoms with E-state index in [2.05, 4.69) is 25.5 Å². The van der Waals surface area contributed by atoms with E-state index in [0.29, 0.717) is 35.9 Å². The smallest absolute Gasteiger partial charge is 0.234 e. The number of benzene rings is 1. The van der Waals surface area contributed by atoms with Gasteiger partial charge in [0.05, 0.1) is 13.2 Å². The van der Waals surface area contributed by atoms with Gasteiger partial charge in [0, 0.05) is 25.7 Å². The quantitative estimate of drug-likeness (QED) is 0.789. The molecule has 2 heterocycles. The zero-order chi connectivity index (χ0) is 17.5. The van der Waals surface area contributed by atoms with Crippen molar-refractivity contribution in [2.45, 2.75) is 6.92 Å². The van der Waals surface area contributed by atoms with Crippen LogP contribution in [0.5, 0.6) is 11.6 Å². The highest BCUT2D eigenvalue weighted by molar-refractivity contribution is 7.80. The van der Waals surface area contributed by atoms with Crippen molar-refractivity contribution in [3.05, 3.63) is 36.4 Å². The second-order valence-electron chi connectivity index (χ2n) is 5.39. The van der Waals surface area contributed by atoms with Crippen LogP contribution in [0.3, 0.4) is 0 Å². The summed E-state index contributed by atoms with van der Waals surface area (Å²) in [5, 5.41) is 6.52. The monoisotopic (exact) mass is 359 g/mol. The van der Waals surface area contributed by atoms with Gasteiger partial charge in [-0.15, -0.1) is 0 Å². The maximum atomic E-state index is 5.88. The highest BCUT2D eigenvalue weighted by Crippen LogP contribution is 2.25. The van der Waals surface area contributed by atoms with E-state index in [0.717, 1.165) is 25.5 Å². The summed E-state index contributed by atoms with van der Waals surface area (Å²) >= 11 is 5.23. The van der Waals surface area contributed by atoms with E-state index in [4.69, 9.17) is 21.7 Å². The minimum absolute atomic E-state index is 0.404. The first-order chi connectivity index (χ1) is 12.2. The molecule has 0 aliphatic carbocycles. The molecule has 0 spiro atoms. The molecular formula is C17H21N5O2S. The maximum absolute atomic E-state index is 5.88. The largest absolute Gasteiger partial charge is 0.439 e. The van der Waals surface area contributed by atoms with Gasteiger partial charge in [-0.05, 0) is 31.3 Å². The number of nitrogens with one attached hydrogen (secondary N) is 2. The van der Waals surface area contributed by atoms with Gasteiger partial charge in [-0.2, -0.15) is 9.97 Å². The molecule has 1 fully saturated rings. The van der Waals surface area contributed by atoms with E-state index in [-0.39, 0.29) is 0 Å². The van der Waals surface area contributed by atoms with Crippen LogP contribution in [0.1, 0.15) is 6.92 Å². The normalized spacial score (nSPS) is 14.0. The Kier molecular flexibility index (Phi) is 5.97. The number of rotatable bonds is 5. The predicted octanol–water partition coefficient (Wildman–Crippen LogP) is 2.41. The molecule has 1 aliphatic rings. The standard InChI is InChI=1S/C17H21N5O2S/c1-2-18-17(25)21-16-19-14(22-8-10-23-11-9-22)12-15(20-16)24-13-6-4-3-5-7-13/h3-7,12H,2,8-11H2,1H3,(H2,18,19,20,21,25). The Labute approximate surface area is 152 Å². The molecule has 0 saturated carbocycles. The van der Waals surface area contributed by atoms with Crippen molar-refractivity contribution in [1.29, 1.82) is 0 Å². The van der Waals surface area contributed by atoms with Crippen molar-refractivity contribution in [3.63, 3.8) is 0 Å². The van der Waals surface area contributed by atoms with Gasteiger partial charge in [-0.1, -0.05) is 18.2 Å². The summed E-state index contributed by atoms with van der Waals surface area (Å²) in [6, 6.07) is 11.4. The van der Waals surface area contributed by atoms with Gasteiger partial charge >= 0.3 is 0 Å². The van der Waals surface area contributed by atoms with Gasteiger partial charge in [-0.25, -0.2) is 0 Å². The summed E-state index contributed by atoms with van der Waals surface area (Å²) in [4.78, 5) is 11.1. The Hall–Kier alpha value is -2.45. The van der Waals surface area contributed by atoms with Crippen LogP contribution in [0.2, 0.25) is 0 Å². The van der Waals surface area contributed by atoms with Crippen LogP contribution < -0.4 is 20.3 Å². The lowest BCUT2D eigenvalue weighted by molar-refractivity contribution is 0.122. The van der Waals surface area contributed by atoms with E-state index in [9.17, 15) is 0 Å². The second kappa shape index (κ2) is 8.59. The summed E-state index contributed by atoms with van der Waals surface area (Å²) < 4.78 is 11.3. The first-order valence-corrected chi connectivity index (χ1v) is 8.65. The maximum Gasteiger partial charge on any atom is 0.234 e. The van der Waals surface area contributed by atoms with Gasteiger partial charge in [-0.3, -0.25) is 0 Å². The molecule has 0 bridgehead atoms. The van der Waals surface area contributed by atoms with Crippen molar-refractivity contribution < 1.29 is 9.47 Å². The van der Waals surface area contributed by atoms with Crippen LogP contribution in [-0.4, -0.2) is 47.9 Å². The number of ether oxygens (including phenoxy) is 2. The van der Waals surface area contributed by atoms with Crippen LogP contribution in [-0.2, 0) is 4.74 Å². The molecule has 7 nitrogen and oxygen atoms in total. The molecule has 0 unspecified atom stereocenters. The van der Waals surface area contributed by atoms with Gasteiger partial charge < -0.3 is 25.0 Å². The molecule has 0 radical (unpaired) electrons. The van der Waals surface area contributed by atoms with Crippen molar-refractivity contribution in [2.24, 2.45) is 0 Å². The fraction of sp³-hybridized carbons (Fsp3) is 0.353. The molecule has 132 valence electrons. The van der Waals surface area contributed by atoms with Crippen molar-refractivity contribution in [2.75, 3.05) is 43.1 Å². The van der Waals surface area contributed by atoms with E-state index in [1.165, 1.54) is 0 Å². The minimum atomic E-state index is 0.404. The fourth-order valence-electron chi connectivity index (χ4n) is 2.39. The number of hydrogen-bond acceptors (Lipinski definition) is 6. The zero-order valence-electron chi connectivity index (χ0n) is 14.1. The summed E-state index contributed by atoms with van der Waals surface area (Å²) in [5.41, 5.74) is 0. The van der Waals surface area contributed by atoms with E-state index < -0.39 is 0 Å². The molecule has 25 heavy (non-hydrogen) atoms. The molecule has 3 rings (SSSR count). The first-order valence-electron chi connectivity index (χ1n) is 8.24. The number of thiocarbonyl (C=S) groups is 1. The molecule has 8 heteroatoms. The molecule has 0 amide bonds. The highest BCUT2D eigenvalue weighted by atomic mass is 32.1. The van der Waals surface area contributed by atoms with Crippen LogP contribution in [0.25, 0.3) is 0 Å². The first kappa shape index (κ1) is 17.4. The number of aromatic nitrogens is 2. The van der Waals surface area contributed by atoms with Crippen LogP contribution in [0, 0.1) is 0 Å². The number of nitrogens with zero attached hydrogens (tertiary/aromatic N) is 3. The Bertz CT molecular complexity index is 707. The topological polar surface area (TPSA) is 71.5 Å². The van der Waals surface area contributed by atoms with Gasteiger partial charge in [0.2, 0.25) is 11.8 Å². The molecule has 0 atom stereocenters. The molecule has 2 aromatic rings. The van der Waals surface area contributed by atoms with Crippen LogP contribution in [0.15, 0.2) is 36.4 Å². The van der Waals surface area contributed by atoms with E-state index >= 15 is 0 Å². The van der Waals surface area contributed by atoms with E-state index in [1.54, 1.807) is 0 Å². The predicted molar refractivity (Wildman–Crippen MR) is 101 cm³/mol. The summed E-state index contributed by atoms with van der Waals surface area (Å²) in [5.74, 6) is 2.37. The Morgan fingerprint density at radius 1 is 1.24 bits per heavy atom. The van der Waals surface area contributed by atoms with E-state index in [1.807, 2.05) is 43.3 Å². The second-order valence-corrected chi connectivity index (χ2v) is 5.80. The van der Waals surface area contributed by atoms with Crippen LogP contribution in [0.4, 0.5) is 11.8 Å². The lowest BCUT2D eigenvalue weighted by atomic mass is 10.3. The summed E-state index contributed by atoms with van der Waals surface area (Å²) in [6.07, 6.45) is 0. The lowest BCUT2D eigenvalue weighted by Gasteiger charge is -2.28. The minimum Gasteiger partial charge on any atom is -0.439 e. The molecular weight excluding hydrogens is 338 g/mol. The number of para-hydroxylation sites is 1. The molecule has 2 N–H and O–H groups in total. The Morgan fingerprint density at radius 2 is 2.00 bits per heavy atom. The molecule has 1 aliphatic heterocycles. The van der Waals surface area contributed by atoms with Crippen molar-refractivity contribution in [1.82, 2.24) is 15.3 Å². The highest BCUT2D eigenvalue weighted by Gasteiger charge is 2.16. The van der Waals surface area contributed by atoms with Crippen molar-refractivity contribution in [3.8, 4) is 11.6 Å². The SMILES string of the molecule is CCNC(=S)Nc1nc(Oc2ccccc2)cc(N2CCOCC2)n1. The fourth-order valence-corrected chi connectivity index (χ4v) is 2.63. The Balaban J connectivity index is 1.85. The van der Waals surface area contributed by atoms with Gasteiger partial charge in [0.1, 0.15) is 11.6 Å². The summed E-state index contributed by atoms with van der Waals surface area (Å²) in [6.45, 7) is 5.61. The average molecular weight is 359 g/mol. The van der Waals surface area contributed by atoms with Crippen LogP contribution >= 0.6 is 12.2 Å². The third-order valence-electron chi connectivity index (χ3n) is 3.55. The van der Waals surface area contributed by atoms with Gasteiger partial charge in [0.25, 0.3) is 0 Å². The summed E-state index contributed by atoms with van der Waals surface area (Å²) in [7, 11) is 0.